The number of unbranched alkanes of at least 4 members (excludes halogenated alkanes) is 15. The lowest BCUT2D eigenvalue weighted by Crippen LogP contribution is -2.45. The number of nitrogens with zero attached hydrogens (tertiary/aromatic N) is 1. The molecule has 0 aliphatic heterocycles. The van der Waals surface area contributed by atoms with E-state index < -0.39 is 20.0 Å². The van der Waals surface area contributed by atoms with E-state index in [1.165, 1.54) is 64.2 Å². The highest BCUT2D eigenvalue weighted by atomic mass is 31.2. The minimum Gasteiger partial charge on any atom is -0.387 e. The van der Waals surface area contributed by atoms with Crippen LogP contribution in [0.3, 0.4) is 0 Å². The van der Waals surface area contributed by atoms with Crippen LogP contribution in [0.4, 0.5) is 0 Å². The number of allylic oxidation sites excluding steroid dienone is 15. The predicted molar refractivity (Wildman–Crippen MR) is 262 cm³/mol. The molecule has 0 rings (SSSR count). The predicted octanol–water partition coefficient (Wildman–Crippen LogP) is 13.9. The Labute approximate surface area is 375 Å². The number of rotatable bonds is 42. The lowest BCUT2D eigenvalue weighted by Gasteiger charge is -2.25. The number of amides is 1. The van der Waals surface area contributed by atoms with Gasteiger partial charge in [0.25, 0.3) is 0 Å². The number of likely N-dealkylation sites (N-methyl/N-ethyl adjacent to an activating group) is 1. The molecule has 0 fully saturated rings. The first kappa shape index (κ1) is 58.4. The van der Waals surface area contributed by atoms with Crippen molar-refractivity contribution in [2.24, 2.45) is 0 Å². The van der Waals surface area contributed by atoms with Crippen molar-refractivity contribution >= 4 is 13.7 Å². The summed E-state index contributed by atoms with van der Waals surface area (Å²) < 4.78 is 23.6. The summed E-state index contributed by atoms with van der Waals surface area (Å²) in [5.74, 6) is -0.203. The molecular weight excluding hydrogens is 780 g/mol. The maximum atomic E-state index is 12.9. The Morgan fingerprint density at radius 1 is 0.574 bits per heavy atom. The van der Waals surface area contributed by atoms with E-state index in [0.29, 0.717) is 17.4 Å². The first-order chi connectivity index (χ1) is 29.5. The number of phosphoric ester groups is 1. The van der Waals surface area contributed by atoms with Crippen LogP contribution in [0.25, 0.3) is 0 Å². The van der Waals surface area contributed by atoms with Crippen LogP contribution in [-0.2, 0) is 18.4 Å². The Morgan fingerprint density at radius 2 is 1.00 bits per heavy atom. The summed E-state index contributed by atoms with van der Waals surface area (Å²) >= 11 is 0. The monoisotopic (exact) mass is 872 g/mol. The van der Waals surface area contributed by atoms with E-state index in [1.807, 2.05) is 27.2 Å². The molecule has 61 heavy (non-hydrogen) atoms. The fraction of sp³-hybridized carbons (Fsp3) is 0.673. The Kier molecular flexibility index (Phi) is 40.9. The van der Waals surface area contributed by atoms with Gasteiger partial charge in [0.15, 0.2) is 0 Å². The number of phosphoric acid groups is 1. The van der Waals surface area contributed by atoms with Crippen molar-refractivity contribution in [2.45, 2.75) is 187 Å². The lowest BCUT2D eigenvalue weighted by molar-refractivity contribution is -0.870. The number of aliphatic hydroxyl groups excluding tert-OH is 1. The van der Waals surface area contributed by atoms with E-state index >= 15 is 0 Å². The molecule has 8 nitrogen and oxygen atoms in total. The van der Waals surface area contributed by atoms with Crippen LogP contribution in [0.5, 0.6) is 0 Å². The maximum Gasteiger partial charge on any atom is 0.472 e. The van der Waals surface area contributed by atoms with Gasteiger partial charge in [-0.05, 0) is 89.9 Å². The molecule has 3 atom stereocenters. The number of carbonyl (C=O) groups is 1. The minimum absolute atomic E-state index is 0.0470. The molecule has 0 aliphatic rings. The molecule has 3 unspecified atom stereocenters. The van der Waals surface area contributed by atoms with Gasteiger partial charge < -0.3 is 19.8 Å². The number of nitrogens with one attached hydrogen (secondary N) is 1. The van der Waals surface area contributed by atoms with Gasteiger partial charge in [0, 0.05) is 6.42 Å². The number of quaternary nitrogens is 1. The molecule has 0 radical (unpaired) electrons. The van der Waals surface area contributed by atoms with Gasteiger partial charge >= 0.3 is 7.82 Å². The van der Waals surface area contributed by atoms with Gasteiger partial charge in [0.2, 0.25) is 5.91 Å². The quantitative estimate of drug-likeness (QED) is 0.0244. The maximum absolute atomic E-state index is 12.9. The fourth-order valence-corrected chi connectivity index (χ4v) is 6.95. The van der Waals surface area contributed by atoms with Crippen molar-refractivity contribution in [2.75, 3.05) is 40.9 Å². The van der Waals surface area contributed by atoms with Crippen molar-refractivity contribution < 1.29 is 32.9 Å². The molecule has 0 saturated heterocycles. The summed E-state index contributed by atoms with van der Waals surface area (Å²) in [6, 6.07) is -0.878. The van der Waals surface area contributed by atoms with Crippen LogP contribution in [-0.4, -0.2) is 73.4 Å². The van der Waals surface area contributed by atoms with Crippen LogP contribution in [0.15, 0.2) is 97.2 Å². The molecule has 0 aromatic carbocycles. The SMILES string of the molecule is CC/C=C\C/C=C\C/C=C\C/C=C\C/C=C\CCCCCCCCCCCC(=O)NC(COP(=O)(O)OCC[N+](C)(C)C)C(O)/C=C/CC/C=C/CC/C=C/CCCCCC. The third-order valence-electron chi connectivity index (χ3n) is 10.0. The second-order valence-electron chi connectivity index (χ2n) is 17.1. The van der Waals surface area contributed by atoms with E-state index in [-0.39, 0.29) is 19.1 Å². The molecule has 0 heterocycles. The average molecular weight is 872 g/mol. The zero-order valence-electron chi connectivity index (χ0n) is 39.6. The summed E-state index contributed by atoms with van der Waals surface area (Å²) in [5.41, 5.74) is 0. The number of carbonyl (C=O) groups excluding carboxylic acids is 1. The van der Waals surface area contributed by atoms with Gasteiger partial charge in [-0.15, -0.1) is 0 Å². The van der Waals surface area contributed by atoms with Gasteiger partial charge in [-0.2, -0.15) is 0 Å². The highest BCUT2D eigenvalue weighted by molar-refractivity contribution is 7.47. The Balaban J connectivity index is 4.37. The second kappa shape index (κ2) is 42.7. The molecule has 9 heteroatoms. The smallest absolute Gasteiger partial charge is 0.387 e. The van der Waals surface area contributed by atoms with Crippen LogP contribution in [0.2, 0.25) is 0 Å². The van der Waals surface area contributed by atoms with E-state index in [1.54, 1.807) is 6.08 Å². The molecule has 0 aromatic rings. The lowest BCUT2D eigenvalue weighted by atomic mass is 10.1. The molecule has 0 spiro atoms. The summed E-state index contributed by atoms with van der Waals surface area (Å²) in [7, 11) is 1.52. The molecule has 1 amide bonds. The van der Waals surface area contributed by atoms with Crippen molar-refractivity contribution in [3.8, 4) is 0 Å². The summed E-state index contributed by atoms with van der Waals surface area (Å²) in [6.07, 6.45) is 60.5. The van der Waals surface area contributed by atoms with E-state index in [0.717, 1.165) is 89.9 Å². The van der Waals surface area contributed by atoms with Crippen LogP contribution in [0.1, 0.15) is 174 Å². The Hall–Kier alpha value is -2.58. The van der Waals surface area contributed by atoms with Crippen LogP contribution >= 0.6 is 7.82 Å². The summed E-state index contributed by atoms with van der Waals surface area (Å²) in [4.78, 5) is 23.2. The van der Waals surface area contributed by atoms with Crippen molar-refractivity contribution in [1.29, 1.82) is 0 Å². The molecule has 0 bridgehead atoms. The van der Waals surface area contributed by atoms with Gasteiger partial charge in [-0.1, -0.05) is 175 Å². The van der Waals surface area contributed by atoms with Crippen LogP contribution in [0, 0.1) is 0 Å². The highest BCUT2D eigenvalue weighted by Gasteiger charge is 2.27. The summed E-state index contributed by atoms with van der Waals surface area (Å²) in [6.45, 7) is 4.62. The fourth-order valence-electron chi connectivity index (χ4n) is 6.22. The van der Waals surface area contributed by atoms with Crippen LogP contribution < -0.4 is 5.32 Å². The van der Waals surface area contributed by atoms with Gasteiger partial charge in [0.05, 0.1) is 39.9 Å². The molecule has 0 aromatic heterocycles. The number of hydrogen-bond acceptors (Lipinski definition) is 5. The van der Waals surface area contributed by atoms with Crippen molar-refractivity contribution in [3.63, 3.8) is 0 Å². The first-order valence-electron chi connectivity index (χ1n) is 24.1. The third-order valence-corrected chi connectivity index (χ3v) is 11.0. The number of hydrogen-bond donors (Lipinski definition) is 3. The first-order valence-corrected chi connectivity index (χ1v) is 25.6. The van der Waals surface area contributed by atoms with E-state index in [4.69, 9.17) is 9.05 Å². The molecule has 350 valence electrons. The number of aliphatic hydroxyl groups is 1. The molecule has 0 saturated carbocycles. The topological polar surface area (TPSA) is 105 Å². The normalized spacial score (nSPS) is 15.1. The van der Waals surface area contributed by atoms with E-state index in [9.17, 15) is 19.4 Å². The summed E-state index contributed by atoms with van der Waals surface area (Å²) in [5, 5.41) is 13.8. The van der Waals surface area contributed by atoms with E-state index in [2.05, 4.69) is 104 Å². The third kappa shape index (κ3) is 45.3. The zero-order valence-corrected chi connectivity index (χ0v) is 40.5. The standard InChI is InChI=1S/C52H91N2O6P/c1-6-8-10-12-14-16-18-20-22-23-24-25-26-27-28-29-30-31-32-34-36-38-40-42-44-46-52(56)53-50(49-60-61(57,58)59-48-47-54(3,4)5)51(55)45-43-41-39-37-35-33-21-19-17-15-13-11-9-7-2/h8,10,14,16-17,19-20,22,24-25,27-28,35,37,43,45,50-51,55H,6-7,9,11-13,15,18,21,23,26,29-34,36,38-42,44,46-49H2,1-5H3,(H-,53,56,57,58)/p+1/b10-8-,16-14-,19-17+,22-20-,25-24-,28-27-,37-35+,45-43+. The largest absolute Gasteiger partial charge is 0.472 e. The van der Waals surface area contributed by atoms with Crippen molar-refractivity contribution in [1.82, 2.24) is 5.32 Å². The molecule has 0 aliphatic carbocycles. The molecular formula is C52H92N2O6P+. The van der Waals surface area contributed by atoms with Gasteiger partial charge in [-0.25, -0.2) is 4.57 Å². The average Bonchev–Trinajstić information content (AvgIpc) is 3.21. The van der Waals surface area contributed by atoms with Gasteiger partial charge in [-0.3, -0.25) is 13.8 Å². The highest BCUT2D eigenvalue weighted by Crippen LogP contribution is 2.43. The zero-order chi connectivity index (χ0) is 45.0. The van der Waals surface area contributed by atoms with Gasteiger partial charge in [0.1, 0.15) is 13.2 Å². The Morgan fingerprint density at radius 3 is 1.51 bits per heavy atom. The molecule has 3 N–H and O–H groups in total. The second-order valence-corrected chi connectivity index (χ2v) is 18.5. The minimum atomic E-state index is -4.36. The Bertz CT molecular complexity index is 1310. The van der Waals surface area contributed by atoms with Crippen molar-refractivity contribution in [3.05, 3.63) is 97.2 Å².